The van der Waals surface area contributed by atoms with E-state index in [2.05, 4.69) is 10.6 Å². The van der Waals surface area contributed by atoms with Crippen LogP contribution in [-0.4, -0.2) is 17.9 Å². The Morgan fingerprint density at radius 3 is 2.46 bits per heavy atom. The molecule has 1 aromatic carbocycles. The average Bonchev–Trinajstić information content (AvgIpc) is 2.56. The van der Waals surface area contributed by atoms with Crippen molar-refractivity contribution in [3.8, 4) is 0 Å². The Labute approximate surface area is 144 Å². The monoisotopic (exact) mass is 331 g/mol. The first-order valence-electron chi connectivity index (χ1n) is 8.88. The van der Waals surface area contributed by atoms with E-state index in [1.54, 1.807) is 0 Å². The first-order chi connectivity index (χ1) is 11.5. The lowest BCUT2D eigenvalue weighted by Gasteiger charge is -2.27. The standard InChI is InChI=1S/C19H29N3O2/c1-13(2)19(24)22-16-9-7-14(8-10-16)12-21-18(23)11-15-5-3-4-6-17(15)20/h7-10,13,15,17H,3-6,11-12,20H2,1-2H3,(H,21,23)(H,22,24). The van der Waals surface area contributed by atoms with Crippen LogP contribution in [0.3, 0.4) is 0 Å². The zero-order chi connectivity index (χ0) is 17.5. The zero-order valence-electron chi connectivity index (χ0n) is 14.7. The summed E-state index contributed by atoms with van der Waals surface area (Å²) < 4.78 is 0. The van der Waals surface area contributed by atoms with Crippen molar-refractivity contribution < 1.29 is 9.59 Å². The number of amides is 2. The third kappa shape index (κ3) is 5.64. The largest absolute Gasteiger partial charge is 0.352 e. The summed E-state index contributed by atoms with van der Waals surface area (Å²) in [6, 6.07) is 7.72. The summed E-state index contributed by atoms with van der Waals surface area (Å²) in [5, 5.41) is 5.82. The molecule has 132 valence electrons. The summed E-state index contributed by atoms with van der Waals surface area (Å²) in [5.74, 6) is 0.330. The van der Waals surface area contributed by atoms with Crippen LogP contribution in [0.5, 0.6) is 0 Å². The number of anilines is 1. The third-order valence-corrected chi connectivity index (χ3v) is 4.65. The molecule has 1 fully saturated rings. The Balaban J connectivity index is 1.77. The Kier molecular flexibility index (Phi) is 6.79. The fraction of sp³-hybridized carbons (Fsp3) is 0.579. The van der Waals surface area contributed by atoms with Crippen molar-refractivity contribution >= 4 is 17.5 Å². The molecule has 2 amide bonds. The van der Waals surface area contributed by atoms with Gasteiger partial charge in [0.25, 0.3) is 0 Å². The molecule has 0 radical (unpaired) electrons. The normalized spacial score (nSPS) is 20.7. The molecule has 1 aromatic rings. The quantitative estimate of drug-likeness (QED) is 0.749. The van der Waals surface area contributed by atoms with Crippen LogP contribution in [0.15, 0.2) is 24.3 Å². The molecule has 5 heteroatoms. The number of benzene rings is 1. The van der Waals surface area contributed by atoms with Crippen LogP contribution in [0.1, 0.15) is 51.5 Å². The lowest BCUT2D eigenvalue weighted by Crippen LogP contribution is -2.36. The highest BCUT2D eigenvalue weighted by molar-refractivity contribution is 5.92. The van der Waals surface area contributed by atoms with Gasteiger partial charge in [0, 0.05) is 30.6 Å². The predicted molar refractivity (Wildman–Crippen MR) is 96.3 cm³/mol. The Bertz CT molecular complexity index is 554. The summed E-state index contributed by atoms with van der Waals surface area (Å²) in [7, 11) is 0. The van der Waals surface area contributed by atoms with E-state index in [9.17, 15) is 9.59 Å². The number of carbonyl (C=O) groups is 2. The second kappa shape index (κ2) is 8.83. The van der Waals surface area contributed by atoms with Crippen LogP contribution < -0.4 is 16.4 Å². The van der Waals surface area contributed by atoms with E-state index in [0.29, 0.717) is 18.9 Å². The highest BCUT2D eigenvalue weighted by Crippen LogP contribution is 2.25. The molecule has 2 rings (SSSR count). The van der Waals surface area contributed by atoms with Gasteiger partial charge in [-0.3, -0.25) is 9.59 Å². The van der Waals surface area contributed by atoms with E-state index in [1.165, 1.54) is 12.8 Å². The van der Waals surface area contributed by atoms with Crippen LogP contribution in [0.2, 0.25) is 0 Å². The second-order valence-corrected chi connectivity index (χ2v) is 7.03. The van der Waals surface area contributed by atoms with Gasteiger partial charge in [-0.15, -0.1) is 0 Å². The maximum absolute atomic E-state index is 12.1. The molecule has 1 saturated carbocycles. The Morgan fingerprint density at radius 2 is 1.83 bits per heavy atom. The van der Waals surface area contributed by atoms with Crippen molar-refractivity contribution in [3.05, 3.63) is 29.8 Å². The molecule has 0 spiro atoms. The number of hydrogen-bond donors (Lipinski definition) is 3. The van der Waals surface area contributed by atoms with Crippen LogP contribution in [0, 0.1) is 11.8 Å². The topological polar surface area (TPSA) is 84.2 Å². The molecule has 24 heavy (non-hydrogen) atoms. The van der Waals surface area contributed by atoms with Gasteiger partial charge >= 0.3 is 0 Å². The van der Waals surface area contributed by atoms with E-state index in [-0.39, 0.29) is 23.8 Å². The summed E-state index contributed by atoms with van der Waals surface area (Å²) in [6.07, 6.45) is 4.96. The molecule has 0 saturated heterocycles. The van der Waals surface area contributed by atoms with Crippen LogP contribution in [-0.2, 0) is 16.1 Å². The van der Waals surface area contributed by atoms with Crippen molar-refractivity contribution in [3.63, 3.8) is 0 Å². The fourth-order valence-electron chi connectivity index (χ4n) is 2.99. The van der Waals surface area contributed by atoms with E-state index < -0.39 is 0 Å². The predicted octanol–water partition coefficient (Wildman–Crippen LogP) is 2.80. The molecule has 0 heterocycles. The number of carbonyl (C=O) groups excluding carboxylic acids is 2. The van der Waals surface area contributed by atoms with E-state index >= 15 is 0 Å². The average molecular weight is 331 g/mol. The van der Waals surface area contributed by atoms with Crippen molar-refractivity contribution in [1.29, 1.82) is 0 Å². The lowest BCUT2D eigenvalue weighted by molar-refractivity contribution is -0.122. The van der Waals surface area contributed by atoms with Crippen LogP contribution >= 0.6 is 0 Å². The summed E-state index contributed by atoms with van der Waals surface area (Å²) >= 11 is 0. The fourth-order valence-corrected chi connectivity index (χ4v) is 2.99. The minimum absolute atomic E-state index is 0.000117. The van der Waals surface area contributed by atoms with Gasteiger partial charge in [0.2, 0.25) is 11.8 Å². The maximum Gasteiger partial charge on any atom is 0.226 e. The third-order valence-electron chi connectivity index (χ3n) is 4.65. The summed E-state index contributed by atoms with van der Waals surface area (Å²) in [5.41, 5.74) is 7.89. The Hall–Kier alpha value is -1.88. The minimum atomic E-state index is -0.0462. The summed E-state index contributed by atoms with van der Waals surface area (Å²) in [6.45, 7) is 4.22. The minimum Gasteiger partial charge on any atom is -0.352 e. The van der Waals surface area contributed by atoms with Crippen LogP contribution in [0.4, 0.5) is 5.69 Å². The SMILES string of the molecule is CC(C)C(=O)Nc1ccc(CNC(=O)CC2CCCCC2N)cc1. The van der Waals surface area contributed by atoms with Gasteiger partial charge in [0.1, 0.15) is 0 Å². The van der Waals surface area contributed by atoms with Crippen molar-refractivity contribution in [2.75, 3.05) is 5.32 Å². The van der Waals surface area contributed by atoms with Crippen LogP contribution in [0.25, 0.3) is 0 Å². The smallest absolute Gasteiger partial charge is 0.226 e. The van der Waals surface area contributed by atoms with E-state index in [1.807, 2.05) is 38.1 Å². The summed E-state index contributed by atoms with van der Waals surface area (Å²) in [4.78, 5) is 23.7. The van der Waals surface area contributed by atoms with E-state index in [0.717, 1.165) is 24.1 Å². The molecular weight excluding hydrogens is 302 g/mol. The molecule has 2 unspecified atom stereocenters. The number of nitrogens with two attached hydrogens (primary N) is 1. The van der Waals surface area contributed by atoms with Gasteiger partial charge in [0.05, 0.1) is 0 Å². The first kappa shape index (κ1) is 18.5. The van der Waals surface area contributed by atoms with Gasteiger partial charge in [-0.25, -0.2) is 0 Å². The number of nitrogens with one attached hydrogen (secondary N) is 2. The van der Waals surface area contributed by atoms with Gasteiger partial charge < -0.3 is 16.4 Å². The molecule has 1 aliphatic rings. The second-order valence-electron chi connectivity index (χ2n) is 7.03. The van der Waals surface area contributed by atoms with Gasteiger partial charge in [-0.1, -0.05) is 38.8 Å². The van der Waals surface area contributed by atoms with Crippen molar-refractivity contribution in [2.24, 2.45) is 17.6 Å². The van der Waals surface area contributed by atoms with Gasteiger partial charge in [0.15, 0.2) is 0 Å². The van der Waals surface area contributed by atoms with E-state index in [4.69, 9.17) is 5.73 Å². The lowest BCUT2D eigenvalue weighted by atomic mass is 9.83. The first-order valence-corrected chi connectivity index (χ1v) is 8.88. The maximum atomic E-state index is 12.1. The molecule has 4 N–H and O–H groups in total. The van der Waals surface area contributed by atoms with Crippen molar-refractivity contribution in [2.45, 2.75) is 58.5 Å². The molecule has 5 nitrogen and oxygen atoms in total. The highest BCUT2D eigenvalue weighted by Gasteiger charge is 2.23. The van der Waals surface area contributed by atoms with Gasteiger partial charge in [-0.05, 0) is 36.5 Å². The van der Waals surface area contributed by atoms with Gasteiger partial charge in [-0.2, -0.15) is 0 Å². The molecule has 0 aromatic heterocycles. The molecular formula is C19H29N3O2. The molecule has 2 atom stereocenters. The number of hydrogen-bond acceptors (Lipinski definition) is 3. The highest BCUT2D eigenvalue weighted by atomic mass is 16.2. The molecule has 0 bridgehead atoms. The number of rotatable bonds is 6. The molecule has 0 aliphatic heterocycles. The Morgan fingerprint density at radius 1 is 1.17 bits per heavy atom. The zero-order valence-corrected chi connectivity index (χ0v) is 14.7. The van der Waals surface area contributed by atoms with Crippen molar-refractivity contribution in [1.82, 2.24) is 5.32 Å². The molecule has 1 aliphatic carbocycles.